The van der Waals surface area contributed by atoms with Crippen molar-refractivity contribution in [2.45, 2.75) is 11.8 Å². The number of piperazine rings is 1. The summed E-state index contributed by atoms with van der Waals surface area (Å²) in [6.07, 6.45) is 0. The quantitative estimate of drug-likeness (QED) is 0.656. The van der Waals surface area contributed by atoms with Gasteiger partial charge >= 0.3 is 0 Å². The lowest BCUT2D eigenvalue weighted by Crippen LogP contribution is -2.46. The highest BCUT2D eigenvalue weighted by Crippen LogP contribution is 2.27. The molecule has 10 heteroatoms. The molecule has 0 radical (unpaired) electrons. The van der Waals surface area contributed by atoms with Crippen LogP contribution in [0.25, 0.3) is 0 Å². The van der Waals surface area contributed by atoms with E-state index in [9.17, 15) is 22.9 Å². The van der Waals surface area contributed by atoms with E-state index in [4.69, 9.17) is 0 Å². The van der Waals surface area contributed by atoms with E-state index in [1.807, 2.05) is 0 Å². The molecule has 0 saturated carbocycles. The summed E-state index contributed by atoms with van der Waals surface area (Å²) >= 11 is 0. The van der Waals surface area contributed by atoms with Gasteiger partial charge in [0.25, 0.3) is 5.69 Å². The molecule has 1 heterocycles. The van der Waals surface area contributed by atoms with Gasteiger partial charge in [0.1, 0.15) is 5.82 Å². The third kappa shape index (κ3) is 3.49. The summed E-state index contributed by atoms with van der Waals surface area (Å²) in [5.74, 6) is -0.895. The molecule has 0 aliphatic carbocycles. The standard InChI is InChI=1S/C11H14FN3O4S.ClH/c1-8-10(12)6-9(7-11(8)15(16)17)20(18,19)14-4-2-13-3-5-14;/h6-7,13H,2-5H2,1H3;1H. The molecule has 0 spiro atoms. The number of hydrogen-bond donors (Lipinski definition) is 1. The average Bonchev–Trinajstić information content (AvgIpc) is 2.42. The van der Waals surface area contributed by atoms with E-state index < -0.39 is 26.5 Å². The molecule has 1 N–H and O–H groups in total. The van der Waals surface area contributed by atoms with Gasteiger partial charge in [-0.05, 0) is 13.0 Å². The molecule has 1 saturated heterocycles. The Morgan fingerprint density at radius 3 is 2.43 bits per heavy atom. The molecule has 7 nitrogen and oxygen atoms in total. The van der Waals surface area contributed by atoms with Crippen molar-refractivity contribution in [3.05, 3.63) is 33.6 Å². The fraction of sp³-hybridized carbons (Fsp3) is 0.455. The van der Waals surface area contributed by atoms with Crippen LogP contribution in [-0.4, -0.2) is 43.8 Å². The molecule has 1 aliphatic heterocycles. The Balaban J connectivity index is 0.00000220. The van der Waals surface area contributed by atoms with Gasteiger partial charge in [0.15, 0.2) is 0 Å². The van der Waals surface area contributed by atoms with Crippen molar-refractivity contribution in [1.82, 2.24) is 9.62 Å². The third-order valence-electron chi connectivity index (χ3n) is 3.20. The summed E-state index contributed by atoms with van der Waals surface area (Å²) < 4.78 is 39.6. The van der Waals surface area contributed by atoms with E-state index >= 15 is 0 Å². The minimum Gasteiger partial charge on any atom is -0.314 e. The zero-order valence-electron chi connectivity index (χ0n) is 11.2. The van der Waals surface area contributed by atoms with Crippen molar-refractivity contribution in [3.8, 4) is 0 Å². The van der Waals surface area contributed by atoms with E-state index in [0.29, 0.717) is 13.1 Å². The Morgan fingerprint density at radius 2 is 1.90 bits per heavy atom. The van der Waals surface area contributed by atoms with E-state index in [1.54, 1.807) is 0 Å². The maximum absolute atomic E-state index is 13.7. The van der Waals surface area contributed by atoms with Crippen LogP contribution in [0, 0.1) is 22.9 Å². The zero-order chi connectivity index (χ0) is 14.9. The molecule has 118 valence electrons. The van der Waals surface area contributed by atoms with Crippen LogP contribution in [0.1, 0.15) is 5.56 Å². The Hall–Kier alpha value is -1.29. The van der Waals surface area contributed by atoms with Crippen LogP contribution in [0.3, 0.4) is 0 Å². The Labute approximate surface area is 127 Å². The zero-order valence-corrected chi connectivity index (χ0v) is 12.8. The largest absolute Gasteiger partial charge is 0.314 e. The van der Waals surface area contributed by atoms with Crippen molar-refractivity contribution < 1.29 is 17.7 Å². The number of hydrogen-bond acceptors (Lipinski definition) is 5. The van der Waals surface area contributed by atoms with Gasteiger partial charge in [0.2, 0.25) is 10.0 Å². The number of nitro benzene ring substituents is 1. The fourth-order valence-electron chi connectivity index (χ4n) is 2.01. The van der Waals surface area contributed by atoms with Crippen LogP contribution in [0.5, 0.6) is 0 Å². The number of nitrogens with zero attached hydrogens (tertiary/aromatic N) is 2. The van der Waals surface area contributed by atoms with Gasteiger partial charge < -0.3 is 5.32 Å². The first kappa shape index (κ1) is 17.8. The molecule has 0 aromatic heterocycles. The summed E-state index contributed by atoms with van der Waals surface area (Å²) in [5.41, 5.74) is -0.701. The first-order valence-electron chi connectivity index (χ1n) is 5.99. The number of sulfonamides is 1. The summed E-state index contributed by atoms with van der Waals surface area (Å²) in [7, 11) is -3.91. The van der Waals surface area contributed by atoms with Gasteiger partial charge in [-0.2, -0.15) is 4.31 Å². The second kappa shape index (κ2) is 6.65. The minimum atomic E-state index is -3.91. The highest BCUT2D eigenvalue weighted by atomic mass is 35.5. The average molecular weight is 340 g/mol. The van der Waals surface area contributed by atoms with Crippen LogP contribution in [0.15, 0.2) is 17.0 Å². The highest BCUT2D eigenvalue weighted by molar-refractivity contribution is 7.89. The predicted octanol–water partition coefficient (Wildman–Crippen LogP) is 1.06. The Kier molecular flexibility index (Phi) is 5.62. The highest BCUT2D eigenvalue weighted by Gasteiger charge is 2.29. The van der Waals surface area contributed by atoms with Crippen LogP contribution in [-0.2, 0) is 10.0 Å². The molecule has 0 bridgehead atoms. The normalized spacial score (nSPS) is 16.3. The first-order valence-corrected chi connectivity index (χ1v) is 7.43. The molecule has 0 amide bonds. The third-order valence-corrected chi connectivity index (χ3v) is 5.08. The van der Waals surface area contributed by atoms with E-state index in [-0.39, 0.29) is 36.0 Å². The molecular weight excluding hydrogens is 325 g/mol. The van der Waals surface area contributed by atoms with Gasteiger partial charge in [-0.1, -0.05) is 0 Å². The van der Waals surface area contributed by atoms with Crippen molar-refractivity contribution in [1.29, 1.82) is 0 Å². The monoisotopic (exact) mass is 339 g/mol. The van der Waals surface area contributed by atoms with Gasteiger partial charge in [-0.15, -0.1) is 12.4 Å². The van der Waals surface area contributed by atoms with Crippen LogP contribution in [0.4, 0.5) is 10.1 Å². The topological polar surface area (TPSA) is 92.6 Å². The summed E-state index contributed by atoms with van der Waals surface area (Å²) in [5, 5.41) is 13.8. The first-order chi connectivity index (χ1) is 9.34. The summed E-state index contributed by atoms with van der Waals surface area (Å²) in [4.78, 5) is 9.69. The predicted molar refractivity (Wildman–Crippen MR) is 76.7 cm³/mol. The molecule has 0 unspecified atom stereocenters. The minimum absolute atomic E-state index is 0. The lowest BCUT2D eigenvalue weighted by atomic mass is 10.2. The van der Waals surface area contributed by atoms with E-state index in [1.165, 1.54) is 11.2 Å². The fourth-order valence-corrected chi connectivity index (χ4v) is 3.49. The van der Waals surface area contributed by atoms with Crippen molar-refractivity contribution in [2.75, 3.05) is 26.2 Å². The molecule has 1 fully saturated rings. The Morgan fingerprint density at radius 1 is 1.33 bits per heavy atom. The van der Waals surface area contributed by atoms with Gasteiger partial charge in [0.05, 0.1) is 15.4 Å². The van der Waals surface area contributed by atoms with E-state index in [0.717, 1.165) is 12.1 Å². The van der Waals surface area contributed by atoms with Crippen LogP contribution >= 0.6 is 12.4 Å². The molecule has 21 heavy (non-hydrogen) atoms. The lowest BCUT2D eigenvalue weighted by Gasteiger charge is -2.26. The second-order valence-corrected chi connectivity index (χ2v) is 6.40. The SMILES string of the molecule is Cc1c(F)cc(S(=O)(=O)N2CCNCC2)cc1[N+](=O)[O-].Cl. The smallest absolute Gasteiger partial charge is 0.276 e. The molecule has 2 rings (SSSR count). The van der Waals surface area contributed by atoms with Crippen LogP contribution < -0.4 is 5.32 Å². The number of nitrogens with one attached hydrogen (secondary N) is 1. The van der Waals surface area contributed by atoms with Crippen LogP contribution in [0.2, 0.25) is 0 Å². The summed E-state index contributed by atoms with van der Waals surface area (Å²) in [6, 6.07) is 1.75. The molecule has 1 aliphatic rings. The lowest BCUT2D eigenvalue weighted by molar-refractivity contribution is -0.385. The maximum Gasteiger partial charge on any atom is 0.276 e. The maximum atomic E-state index is 13.7. The summed E-state index contributed by atoms with van der Waals surface area (Å²) in [6.45, 7) is 2.75. The number of nitro groups is 1. The van der Waals surface area contributed by atoms with Gasteiger partial charge in [-0.25, -0.2) is 12.8 Å². The second-order valence-electron chi connectivity index (χ2n) is 4.46. The number of halogens is 2. The van der Waals surface area contributed by atoms with Crippen molar-refractivity contribution in [2.24, 2.45) is 0 Å². The van der Waals surface area contributed by atoms with Gasteiger partial charge in [0, 0.05) is 32.2 Å². The van der Waals surface area contributed by atoms with Crippen molar-refractivity contribution in [3.63, 3.8) is 0 Å². The molecular formula is C11H15ClFN3O4S. The number of rotatable bonds is 3. The Bertz CT molecular complexity index is 647. The molecule has 1 aromatic carbocycles. The number of benzene rings is 1. The molecule has 0 atom stereocenters. The van der Waals surface area contributed by atoms with E-state index in [2.05, 4.69) is 5.32 Å². The van der Waals surface area contributed by atoms with Gasteiger partial charge in [-0.3, -0.25) is 10.1 Å². The van der Waals surface area contributed by atoms with Crippen molar-refractivity contribution >= 4 is 28.1 Å². The molecule has 1 aromatic rings.